The van der Waals surface area contributed by atoms with Crippen molar-refractivity contribution in [3.8, 4) is 0 Å². The largest absolute Gasteiger partial charge is 0.391 e. The molecule has 3 unspecified atom stereocenters. The first-order chi connectivity index (χ1) is 8.83. The van der Waals surface area contributed by atoms with E-state index in [2.05, 4.69) is 34.9 Å². The average molecular weight is 246 g/mol. The second kappa shape index (κ2) is 5.39. The average Bonchev–Trinajstić information content (AvgIpc) is 2.82. The summed E-state index contributed by atoms with van der Waals surface area (Å²) < 4.78 is 0. The highest BCUT2D eigenvalue weighted by Crippen LogP contribution is 2.21. The third-order valence-corrected chi connectivity index (χ3v) is 4.32. The van der Waals surface area contributed by atoms with Crippen LogP contribution in [0, 0.1) is 5.92 Å². The third kappa shape index (κ3) is 2.58. The summed E-state index contributed by atoms with van der Waals surface area (Å²) in [5.41, 5.74) is 3.00. The quantitative estimate of drug-likeness (QED) is 0.736. The van der Waals surface area contributed by atoms with Crippen molar-refractivity contribution in [2.45, 2.75) is 31.4 Å². The van der Waals surface area contributed by atoms with Crippen LogP contribution in [0.4, 0.5) is 0 Å². The number of nitrogens with one attached hydrogen (secondary N) is 2. The van der Waals surface area contributed by atoms with Crippen molar-refractivity contribution in [2.75, 3.05) is 19.6 Å². The molecule has 2 aliphatic rings. The maximum Gasteiger partial charge on any atom is 0.0716 e. The highest BCUT2D eigenvalue weighted by molar-refractivity contribution is 5.30. The van der Waals surface area contributed by atoms with Gasteiger partial charge in [0.25, 0.3) is 0 Å². The molecule has 0 spiro atoms. The number of aryl methyl sites for hydroxylation is 1. The molecule has 3 atom stereocenters. The number of aliphatic hydroxyl groups is 1. The molecule has 0 saturated carbocycles. The van der Waals surface area contributed by atoms with E-state index >= 15 is 0 Å². The smallest absolute Gasteiger partial charge is 0.0716 e. The summed E-state index contributed by atoms with van der Waals surface area (Å²) in [6.45, 7) is 2.62. The van der Waals surface area contributed by atoms with Crippen molar-refractivity contribution in [3.05, 3.63) is 35.4 Å². The molecule has 3 rings (SSSR count). The molecule has 98 valence electrons. The van der Waals surface area contributed by atoms with E-state index in [1.54, 1.807) is 0 Å². The van der Waals surface area contributed by atoms with Crippen LogP contribution in [0.1, 0.15) is 17.5 Å². The molecule has 1 aliphatic carbocycles. The molecule has 3 heteroatoms. The minimum atomic E-state index is -0.173. The van der Waals surface area contributed by atoms with E-state index in [1.165, 1.54) is 24.0 Å². The Labute approximate surface area is 109 Å². The minimum Gasteiger partial charge on any atom is -0.391 e. The normalized spacial score (nSPS) is 31.3. The summed E-state index contributed by atoms with van der Waals surface area (Å²) in [4.78, 5) is 0. The van der Waals surface area contributed by atoms with Gasteiger partial charge in [0.05, 0.1) is 6.10 Å². The molecule has 0 radical (unpaired) electrons. The highest BCUT2D eigenvalue weighted by Gasteiger charge is 2.26. The van der Waals surface area contributed by atoms with Crippen LogP contribution in [-0.4, -0.2) is 36.9 Å². The first-order valence-corrected chi connectivity index (χ1v) is 7.02. The van der Waals surface area contributed by atoms with Crippen LogP contribution in [0.25, 0.3) is 0 Å². The first-order valence-electron chi connectivity index (χ1n) is 7.02. The van der Waals surface area contributed by atoms with Gasteiger partial charge in [-0.1, -0.05) is 24.3 Å². The SMILES string of the molecule is OC1CNCC1CNC1CCc2ccccc2C1. The monoisotopic (exact) mass is 246 g/mol. The number of rotatable bonds is 3. The van der Waals surface area contributed by atoms with E-state index in [9.17, 15) is 5.11 Å². The number of hydrogen-bond acceptors (Lipinski definition) is 3. The van der Waals surface area contributed by atoms with Crippen molar-refractivity contribution in [2.24, 2.45) is 5.92 Å². The zero-order valence-corrected chi connectivity index (χ0v) is 10.7. The minimum absolute atomic E-state index is 0.173. The molecule has 1 fully saturated rings. The number of benzene rings is 1. The maximum absolute atomic E-state index is 9.77. The van der Waals surface area contributed by atoms with Crippen molar-refractivity contribution in [1.29, 1.82) is 0 Å². The molecule has 18 heavy (non-hydrogen) atoms. The Morgan fingerprint density at radius 2 is 2.06 bits per heavy atom. The Balaban J connectivity index is 1.53. The molecule has 3 nitrogen and oxygen atoms in total. The second-order valence-corrected chi connectivity index (χ2v) is 5.60. The fourth-order valence-electron chi connectivity index (χ4n) is 3.12. The Bertz CT molecular complexity index is 407. The molecule has 3 N–H and O–H groups in total. The lowest BCUT2D eigenvalue weighted by molar-refractivity contribution is 0.144. The van der Waals surface area contributed by atoms with Crippen molar-refractivity contribution >= 4 is 0 Å². The van der Waals surface area contributed by atoms with Gasteiger partial charge in [-0.3, -0.25) is 0 Å². The van der Waals surface area contributed by atoms with E-state index in [4.69, 9.17) is 0 Å². The molecule has 0 bridgehead atoms. The van der Waals surface area contributed by atoms with E-state index < -0.39 is 0 Å². The van der Waals surface area contributed by atoms with Gasteiger partial charge in [-0.15, -0.1) is 0 Å². The number of hydrogen-bond donors (Lipinski definition) is 3. The molecule has 0 amide bonds. The molecule has 1 aliphatic heterocycles. The van der Waals surface area contributed by atoms with Crippen LogP contribution < -0.4 is 10.6 Å². The van der Waals surface area contributed by atoms with Gasteiger partial charge >= 0.3 is 0 Å². The van der Waals surface area contributed by atoms with E-state index in [1.807, 2.05) is 0 Å². The Morgan fingerprint density at radius 1 is 1.22 bits per heavy atom. The van der Waals surface area contributed by atoms with E-state index in [0.717, 1.165) is 26.1 Å². The number of aliphatic hydroxyl groups excluding tert-OH is 1. The van der Waals surface area contributed by atoms with Gasteiger partial charge in [0.1, 0.15) is 0 Å². The Kier molecular flexibility index (Phi) is 3.64. The molecule has 1 aromatic carbocycles. The van der Waals surface area contributed by atoms with E-state index in [0.29, 0.717) is 12.0 Å². The van der Waals surface area contributed by atoms with Crippen molar-refractivity contribution < 1.29 is 5.11 Å². The summed E-state index contributed by atoms with van der Waals surface area (Å²) in [6, 6.07) is 9.33. The number of fused-ring (bicyclic) bond motifs is 1. The summed E-state index contributed by atoms with van der Waals surface area (Å²) in [5, 5.41) is 16.6. The van der Waals surface area contributed by atoms with Gasteiger partial charge in [-0.05, 0) is 30.4 Å². The highest BCUT2D eigenvalue weighted by atomic mass is 16.3. The lowest BCUT2D eigenvalue weighted by Gasteiger charge is -2.27. The fraction of sp³-hybridized carbons (Fsp3) is 0.600. The summed E-state index contributed by atoms with van der Waals surface area (Å²) in [7, 11) is 0. The summed E-state index contributed by atoms with van der Waals surface area (Å²) >= 11 is 0. The molecule has 1 aromatic rings. The topological polar surface area (TPSA) is 44.3 Å². The van der Waals surface area contributed by atoms with Crippen LogP contribution in [0.2, 0.25) is 0 Å². The Morgan fingerprint density at radius 3 is 2.83 bits per heavy atom. The van der Waals surface area contributed by atoms with Gasteiger partial charge in [-0.2, -0.15) is 0 Å². The van der Waals surface area contributed by atoms with Gasteiger partial charge in [0, 0.05) is 31.6 Å². The summed E-state index contributed by atoms with van der Waals surface area (Å²) in [6.07, 6.45) is 3.35. The van der Waals surface area contributed by atoms with E-state index in [-0.39, 0.29) is 6.10 Å². The summed E-state index contributed by atoms with van der Waals surface area (Å²) in [5.74, 6) is 0.377. The first kappa shape index (κ1) is 12.2. The van der Waals surface area contributed by atoms with Crippen LogP contribution in [0.5, 0.6) is 0 Å². The van der Waals surface area contributed by atoms with Crippen LogP contribution in [0.3, 0.4) is 0 Å². The fourth-order valence-corrected chi connectivity index (χ4v) is 3.12. The third-order valence-electron chi connectivity index (χ3n) is 4.32. The predicted octanol–water partition coefficient (Wildman–Crippen LogP) is 0.714. The predicted molar refractivity (Wildman–Crippen MR) is 72.6 cm³/mol. The van der Waals surface area contributed by atoms with Gasteiger partial charge in [-0.25, -0.2) is 0 Å². The molecule has 1 saturated heterocycles. The van der Waals surface area contributed by atoms with Crippen molar-refractivity contribution in [3.63, 3.8) is 0 Å². The van der Waals surface area contributed by atoms with Gasteiger partial charge < -0.3 is 15.7 Å². The molecular formula is C15H22N2O. The van der Waals surface area contributed by atoms with Crippen LogP contribution in [0.15, 0.2) is 24.3 Å². The van der Waals surface area contributed by atoms with Crippen LogP contribution >= 0.6 is 0 Å². The number of β-amino-alcohol motifs (C(OH)–C–C–N with tert-alkyl or cyclic N) is 1. The maximum atomic E-state index is 9.77. The molecule has 0 aromatic heterocycles. The zero-order valence-electron chi connectivity index (χ0n) is 10.7. The second-order valence-electron chi connectivity index (χ2n) is 5.60. The zero-order chi connectivity index (χ0) is 12.4. The van der Waals surface area contributed by atoms with Crippen LogP contribution in [-0.2, 0) is 12.8 Å². The van der Waals surface area contributed by atoms with Gasteiger partial charge in [0.15, 0.2) is 0 Å². The van der Waals surface area contributed by atoms with Crippen molar-refractivity contribution in [1.82, 2.24) is 10.6 Å². The molecular weight excluding hydrogens is 224 g/mol. The van der Waals surface area contributed by atoms with Gasteiger partial charge in [0.2, 0.25) is 0 Å². The lowest BCUT2D eigenvalue weighted by atomic mass is 9.88. The lowest BCUT2D eigenvalue weighted by Crippen LogP contribution is -2.40. The standard InChI is InChI=1S/C15H22N2O/c18-15-10-16-8-13(15)9-17-14-6-5-11-3-1-2-4-12(11)7-14/h1-4,13-18H,5-10H2. The Hall–Kier alpha value is -0.900. The molecule has 1 heterocycles.